The van der Waals surface area contributed by atoms with Gasteiger partial charge < -0.3 is 0 Å². The molecule has 3 nitrogen and oxygen atoms in total. The SMILES string of the molecule is C1=CC2=Nc3c(sc4ccccc34)C2C=C1c1cccc(-c2cc3cccnc3c3ncccc23)c1. The van der Waals surface area contributed by atoms with Gasteiger partial charge >= 0.3 is 0 Å². The van der Waals surface area contributed by atoms with Crippen LogP contribution in [0.2, 0.25) is 0 Å². The monoisotopic (exact) mass is 477 g/mol. The first-order valence-electron chi connectivity index (χ1n) is 12.1. The Morgan fingerprint density at radius 2 is 1.53 bits per heavy atom. The summed E-state index contributed by atoms with van der Waals surface area (Å²) in [6.07, 6.45) is 10.5. The summed E-state index contributed by atoms with van der Waals surface area (Å²) < 4.78 is 1.31. The molecule has 1 atom stereocenters. The molecule has 3 aromatic heterocycles. The van der Waals surface area contributed by atoms with Crippen LogP contribution in [0.15, 0.2) is 114 Å². The first kappa shape index (κ1) is 19.8. The van der Waals surface area contributed by atoms with Crippen LogP contribution in [0.25, 0.3) is 48.6 Å². The molecule has 36 heavy (non-hydrogen) atoms. The van der Waals surface area contributed by atoms with E-state index in [9.17, 15) is 0 Å². The lowest BCUT2D eigenvalue weighted by molar-refractivity contribution is 1.23. The molecule has 0 amide bonds. The molecule has 0 bridgehead atoms. The van der Waals surface area contributed by atoms with Gasteiger partial charge in [0.15, 0.2) is 0 Å². The Morgan fingerprint density at radius 3 is 2.50 bits per heavy atom. The summed E-state index contributed by atoms with van der Waals surface area (Å²) in [6.45, 7) is 0. The van der Waals surface area contributed by atoms with Crippen LogP contribution in [0.5, 0.6) is 0 Å². The van der Waals surface area contributed by atoms with E-state index >= 15 is 0 Å². The van der Waals surface area contributed by atoms with E-state index in [1.54, 1.807) is 0 Å². The van der Waals surface area contributed by atoms with Gasteiger partial charge in [0, 0.05) is 38.1 Å². The number of benzene rings is 3. The molecule has 3 aromatic carbocycles. The minimum Gasteiger partial charge on any atom is -0.254 e. The van der Waals surface area contributed by atoms with Gasteiger partial charge in [0.25, 0.3) is 0 Å². The van der Waals surface area contributed by atoms with Crippen LogP contribution in [0.3, 0.4) is 0 Å². The van der Waals surface area contributed by atoms with E-state index in [1.165, 1.54) is 37.2 Å². The molecule has 6 aromatic rings. The molecule has 168 valence electrons. The Hall–Kier alpha value is -4.41. The zero-order chi connectivity index (χ0) is 23.6. The predicted molar refractivity (Wildman–Crippen MR) is 151 cm³/mol. The number of fused-ring (bicyclic) bond motifs is 8. The van der Waals surface area contributed by atoms with Crippen LogP contribution < -0.4 is 0 Å². The minimum absolute atomic E-state index is 0.220. The van der Waals surface area contributed by atoms with Gasteiger partial charge in [-0.25, -0.2) is 0 Å². The lowest BCUT2D eigenvalue weighted by Crippen LogP contribution is -2.06. The molecule has 1 aliphatic carbocycles. The minimum atomic E-state index is 0.220. The van der Waals surface area contributed by atoms with Crippen LogP contribution in [0, 0.1) is 0 Å². The molecule has 2 aliphatic rings. The number of aromatic nitrogens is 2. The maximum atomic E-state index is 5.00. The van der Waals surface area contributed by atoms with E-state index in [0.717, 1.165) is 33.2 Å². The highest BCUT2D eigenvalue weighted by Crippen LogP contribution is 2.49. The van der Waals surface area contributed by atoms with Crippen molar-refractivity contribution in [1.29, 1.82) is 0 Å². The van der Waals surface area contributed by atoms with Crippen molar-refractivity contribution < 1.29 is 0 Å². The van der Waals surface area contributed by atoms with Crippen molar-refractivity contribution in [2.45, 2.75) is 5.92 Å². The van der Waals surface area contributed by atoms with Crippen LogP contribution in [0.1, 0.15) is 16.4 Å². The van der Waals surface area contributed by atoms with E-state index in [1.807, 2.05) is 35.9 Å². The number of hydrogen-bond donors (Lipinski definition) is 0. The first-order chi connectivity index (χ1) is 17.8. The molecule has 8 rings (SSSR count). The third-order valence-electron chi connectivity index (χ3n) is 7.19. The quantitative estimate of drug-likeness (QED) is 0.235. The van der Waals surface area contributed by atoms with Crippen LogP contribution in [-0.4, -0.2) is 15.7 Å². The Bertz CT molecular complexity index is 1960. The van der Waals surface area contributed by atoms with E-state index < -0.39 is 0 Å². The summed E-state index contributed by atoms with van der Waals surface area (Å²) in [5.74, 6) is 0.220. The third kappa shape index (κ3) is 2.88. The maximum absolute atomic E-state index is 5.00. The molecule has 4 heteroatoms. The highest BCUT2D eigenvalue weighted by molar-refractivity contribution is 7.20. The highest BCUT2D eigenvalue weighted by atomic mass is 32.1. The summed E-state index contributed by atoms with van der Waals surface area (Å²) in [5.41, 5.74) is 8.97. The number of pyridine rings is 2. The van der Waals surface area contributed by atoms with Crippen LogP contribution >= 0.6 is 11.3 Å². The van der Waals surface area contributed by atoms with Crippen molar-refractivity contribution >= 4 is 60.2 Å². The molecular formula is C32H19N3S. The van der Waals surface area contributed by atoms with E-state index in [4.69, 9.17) is 4.99 Å². The average molecular weight is 478 g/mol. The number of aliphatic imine (C=N–C) groups is 1. The molecule has 0 saturated heterocycles. The van der Waals surface area contributed by atoms with Crippen molar-refractivity contribution in [2.24, 2.45) is 4.99 Å². The number of hydrogen-bond acceptors (Lipinski definition) is 4. The van der Waals surface area contributed by atoms with E-state index in [2.05, 4.69) is 94.9 Å². The van der Waals surface area contributed by atoms with Gasteiger partial charge in [0.1, 0.15) is 0 Å². The summed E-state index contributed by atoms with van der Waals surface area (Å²) in [6, 6.07) is 27.9. The molecule has 0 N–H and O–H groups in total. The van der Waals surface area contributed by atoms with Crippen molar-refractivity contribution in [2.75, 3.05) is 0 Å². The normalized spacial score (nSPS) is 16.3. The lowest BCUT2D eigenvalue weighted by Gasteiger charge is -2.16. The van der Waals surface area contributed by atoms with Gasteiger partial charge in [-0.05, 0) is 58.7 Å². The molecule has 1 unspecified atom stereocenters. The van der Waals surface area contributed by atoms with Gasteiger partial charge in [-0.1, -0.05) is 60.7 Å². The van der Waals surface area contributed by atoms with Gasteiger partial charge in [-0.15, -0.1) is 11.3 Å². The van der Waals surface area contributed by atoms with E-state index in [-0.39, 0.29) is 5.92 Å². The first-order valence-corrected chi connectivity index (χ1v) is 12.9. The Kier molecular flexibility index (Phi) is 4.16. The summed E-state index contributed by atoms with van der Waals surface area (Å²) in [5, 5.41) is 3.48. The molecule has 0 fully saturated rings. The van der Waals surface area contributed by atoms with Crippen molar-refractivity contribution in [3.05, 3.63) is 120 Å². The van der Waals surface area contributed by atoms with Gasteiger partial charge in [0.2, 0.25) is 0 Å². The molecule has 4 heterocycles. The molecule has 0 saturated carbocycles. The number of allylic oxidation sites excluding steroid dienone is 4. The largest absolute Gasteiger partial charge is 0.254 e. The maximum Gasteiger partial charge on any atom is 0.0970 e. The van der Waals surface area contributed by atoms with Gasteiger partial charge in [0.05, 0.1) is 28.4 Å². The molecule has 1 aliphatic heterocycles. The van der Waals surface area contributed by atoms with Gasteiger partial charge in [-0.2, -0.15) is 0 Å². The second-order valence-corrected chi connectivity index (χ2v) is 10.3. The summed E-state index contributed by atoms with van der Waals surface area (Å²) in [7, 11) is 0. The lowest BCUT2D eigenvalue weighted by atomic mass is 9.89. The molecule has 0 radical (unpaired) electrons. The van der Waals surface area contributed by atoms with Crippen molar-refractivity contribution in [1.82, 2.24) is 9.97 Å². The van der Waals surface area contributed by atoms with E-state index in [0.29, 0.717) is 0 Å². The van der Waals surface area contributed by atoms with Gasteiger partial charge in [-0.3, -0.25) is 15.0 Å². The van der Waals surface area contributed by atoms with Crippen molar-refractivity contribution in [3.8, 4) is 11.1 Å². The second kappa shape index (κ2) is 7.54. The number of thiophene rings is 1. The fourth-order valence-electron chi connectivity index (χ4n) is 5.50. The smallest absolute Gasteiger partial charge is 0.0970 e. The Labute approximate surface area is 211 Å². The topological polar surface area (TPSA) is 38.1 Å². The standard InChI is InChI=1S/C32H19N3S/c1-2-11-28-24(9-1)31-32(36-28)26-17-20(12-13-27(26)35-31)19-6-3-7-21(16-19)25-18-22-8-4-14-33-29(22)30-23(25)10-5-15-34-30/h1-18,26H. The molecule has 0 spiro atoms. The number of rotatable bonds is 2. The average Bonchev–Trinajstić information content (AvgIpc) is 3.48. The zero-order valence-electron chi connectivity index (χ0n) is 19.2. The highest BCUT2D eigenvalue weighted by Gasteiger charge is 2.30. The molecular weight excluding hydrogens is 458 g/mol. The Balaban J connectivity index is 1.26. The van der Waals surface area contributed by atoms with Crippen LogP contribution in [-0.2, 0) is 0 Å². The fourth-order valence-corrected chi connectivity index (χ4v) is 6.72. The second-order valence-electron chi connectivity index (χ2n) is 9.26. The third-order valence-corrected chi connectivity index (χ3v) is 8.43. The van der Waals surface area contributed by atoms with Crippen LogP contribution in [0.4, 0.5) is 5.69 Å². The zero-order valence-corrected chi connectivity index (χ0v) is 20.0. The van der Waals surface area contributed by atoms with Crippen molar-refractivity contribution in [3.63, 3.8) is 0 Å². The Morgan fingerprint density at radius 1 is 0.694 bits per heavy atom. The summed E-state index contributed by atoms with van der Waals surface area (Å²) >= 11 is 1.87. The predicted octanol–water partition coefficient (Wildman–Crippen LogP) is 8.49. The summed E-state index contributed by atoms with van der Waals surface area (Å²) in [4.78, 5) is 15.6. The number of nitrogens with zero attached hydrogens (tertiary/aromatic N) is 3. The fraction of sp³-hybridized carbons (Fsp3) is 0.0312.